The highest BCUT2D eigenvalue weighted by molar-refractivity contribution is 7.21. The smallest absolute Gasteiger partial charge is 0.416 e. The van der Waals surface area contributed by atoms with E-state index in [0.717, 1.165) is 34.8 Å². The molecule has 10 heteroatoms. The zero-order valence-corrected chi connectivity index (χ0v) is 15.1. The summed E-state index contributed by atoms with van der Waals surface area (Å²) in [6.07, 6.45) is -4.44. The fraction of sp³-hybridized carbons (Fsp3) is 0.188. The third kappa shape index (κ3) is 3.56. The largest absolute Gasteiger partial charge is 0.464 e. The number of alkyl halides is 3. The Kier molecular flexibility index (Phi) is 4.72. The van der Waals surface area contributed by atoms with Crippen LogP contribution in [0.15, 0.2) is 24.3 Å². The molecule has 0 spiro atoms. The van der Waals surface area contributed by atoms with Gasteiger partial charge < -0.3 is 4.74 Å². The maximum absolute atomic E-state index is 12.8. The lowest BCUT2D eigenvalue weighted by Gasteiger charge is -2.05. The first-order chi connectivity index (χ1) is 12.2. The third-order valence-corrected chi connectivity index (χ3v) is 5.46. The maximum Gasteiger partial charge on any atom is 0.416 e. The molecule has 0 unspecified atom stereocenters. The number of methoxy groups -OCH3 is 1. The number of carbonyl (C=O) groups excluding carboxylic acids is 2. The molecule has 3 aromatic rings. The van der Waals surface area contributed by atoms with Gasteiger partial charge in [0.2, 0.25) is 0 Å². The SMILES string of the molecule is COC(=O)c1nc(NC(=O)c2cc3cc(C(F)(F)F)ccc3s2)sc1C. The number of hydrogen-bond acceptors (Lipinski definition) is 6. The predicted molar refractivity (Wildman–Crippen MR) is 93.0 cm³/mol. The van der Waals surface area contributed by atoms with Crippen molar-refractivity contribution in [3.8, 4) is 0 Å². The number of nitrogens with zero attached hydrogens (tertiary/aromatic N) is 1. The summed E-state index contributed by atoms with van der Waals surface area (Å²) in [5, 5.41) is 3.10. The molecule has 0 aliphatic heterocycles. The van der Waals surface area contributed by atoms with Gasteiger partial charge in [0.05, 0.1) is 17.6 Å². The third-order valence-electron chi connectivity index (χ3n) is 3.46. The van der Waals surface area contributed by atoms with Crippen molar-refractivity contribution in [2.75, 3.05) is 12.4 Å². The van der Waals surface area contributed by atoms with E-state index >= 15 is 0 Å². The van der Waals surface area contributed by atoms with Crippen LogP contribution in [0, 0.1) is 6.92 Å². The Labute approximate surface area is 153 Å². The van der Waals surface area contributed by atoms with E-state index in [0.29, 0.717) is 15.0 Å². The van der Waals surface area contributed by atoms with Gasteiger partial charge in [-0.05, 0) is 36.6 Å². The number of benzene rings is 1. The molecule has 26 heavy (non-hydrogen) atoms. The van der Waals surface area contributed by atoms with Crippen LogP contribution in [0.4, 0.5) is 18.3 Å². The number of aromatic nitrogens is 1. The minimum absolute atomic E-state index is 0.110. The number of halogens is 3. The molecule has 1 N–H and O–H groups in total. The zero-order chi connectivity index (χ0) is 19.1. The zero-order valence-electron chi connectivity index (χ0n) is 13.4. The molecule has 1 aromatic carbocycles. The Bertz CT molecular complexity index is 1010. The molecule has 3 rings (SSSR count). The number of amides is 1. The number of thiophene rings is 1. The Hall–Kier alpha value is -2.46. The van der Waals surface area contributed by atoms with Crippen molar-refractivity contribution in [2.45, 2.75) is 13.1 Å². The lowest BCUT2D eigenvalue weighted by Crippen LogP contribution is -2.10. The molecule has 0 aliphatic rings. The van der Waals surface area contributed by atoms with E-state index in [2.05, 4.69) is 15.0 Å². The minimum Gasteiger partial charge on any atom is -0.464 e. The lowest BCUT2D eigenvalue weighted by atomic mass is 10.1. The summed E-state index contributed by atoms with van der Waals surface area (Å²) in [4.78, 5) is 28.7. The number of esters is 1. The Morgan fingerprint density at radius 2 is 1.92 bits per heavy atom. The van der Waals surface area contributed by atoms with Crippen molar-refractivity contribution in [1.82, 2.24) is 4.98 Å². The van der Waals surface area contributed by atoms with Crippen molar-refractivity contribution < 1.29 is 27.5 Å². The van der Waals surface area contributed by atoms with E-state index in [1.54, 1.807) is 6.92 Å². The molecule has 5 nitrogen and oxygen atoms in total. The standard InChI is InChI=1S/C16H11F3N2O3S2/c1-7-12(14(23)24-2)20-15(25-7)21-13(22)11-6-8-5-9(16(17,18)19)3-4-10(8)26-11/h3-6H,1-2H3,(H,20,21,22). The topological polar surface area (TPSA) is 68.3 Å². The summed E-state index contributed by atoms with van der Waals surface area (Å²) in [6.45, 7) is 1.66. The maximum atomic E-state index is 12.8. The van der Waals surface area contributed by atoms with Crippen LogP contribution in [-0.2, 0) is 10.9 Å². The summed E-state index contributed by atoms with van der Waals surface area (Å²) in [5.41, 5.74) is -0.660. The molecule has 0 atom stereocenters. The number of thiazole rings is 1. The first-order valence-electron chi connectivity index (χ1n) is 7.17. The molecule has 136 valence electrons. The van der Waals surface area contributed by atoms with Gasteiger partial charge in [0.25, 0.3) is 5.91 Å². The van der Waals surface area contributed by atoms with E-state index in [-0.39, 0.29) is 15.7 Å². The van der Waals surface area contributed by atoms with Gasteiger partial charge in [0, 0.05) is 9.58 Å². The van der Waals surface area contributed by atoms with Crippen molar-refractivity contribution in [3.05, 3.63) is 45.3 Å². The molecule has 0 fully saturated rings. The monoisotopic (exact) mass is 400 g/mol. The number of fused-ring (bicyclic) bond motifs is 1. The number of hydrogen-bond donors (Lipinski definition) is 1. The summed E-state index contributed by atoms with van der Waals surface area (Å²) < 4.78 is 43.5. The van der Waals surface area contributed by atoms with E-state index < -0.39 is 23.6 Å². The molecule has 0 radical (unpaired) electrons. The second-order valence-electron chi connectivity index (χ2n) is 5.23. The van der Waals surface area contributed by atoms with E-state index in [1.807, 2.05) is 0 Å². The molecule has 0 bridgehead atoms. The fourth-order valence-corrected chi connectivity index (χ4v) is 3.96. The number of ether oxygens (including phenoxy) is 1. The lowest BCUT2D eigenvalue weighted by molar-refractivity contribution is -0.137. The second-order valence-corrected chi connectivity index (χ2v) is 7.52. The van der Waals surface area contributed by atoms with Crippen molar-refractivity contribution in [1.29, 1.82) is 0 Å². The minimum atomic E-state index is -4.44. The number of rotatable bonds is 3. The van der Waals surface area contributed by atoms with E-state index in [4.69, 9.17) is 0 Å². The van der Waals surface area contributed by atoms with Crippen LogP contribution in [0.3, 0.4) is 0 Å². The van der Waals surface area contributed by atoms with Gasteiger partial charge in [0.1, 0.15) is 0 Å². The molecule has 0 saturated carbocycles. The predicted octanol–water partition coefficient (Wildman–Crippen LogP) is 4.72. The quantitative estimate of drug-likeness (QED) is 0.646. The van der Waals surface area contributed by atoms with Gasteiger partial charge in [-0.3, -0.25) is 10.1 Å². The Balaban J connectivity index is 1.85. The first-order valence-corrected chi connectivity index (χ1v) is 8.80. The van der Waals surface area contributed by atoms with Gasteiger partial charge >= 0.3 is 12.1 Å². The number of carbonyl (C=O) groups is 2. The average Bonchev–Trinajstić information content (AvgIpc) is 3.16. The van der Waals surface area contributed by atoms with E-state index in [1.165, 1.54) is 19.2 Å². The molecule has 2 aromatic heterocycles. The molecule has 0 aliphatic carbocycles. The first kappa shape index (κ1) is 18.3. The van der Waals surface area contributed by atoms with Crippen molar-refractivity contribution in [3.63, 3.8) is 0 Å². The number of aryl methyl sites for hydroxylation is 1. The summed E-state index contributed by atoms with van der Waals surface area (Å²) in [6, 6.07) is 4.72. The van der Waals surface area contributed by atoms with Crippen LogP contribution >= 0.6 is 22.7 Å². The highest BCUT2D eigenvalue weighted by atomic mass is 32.1. The molecule has 2 heterocycles. The van der Waals surface area contributed by atoms with Gasteiger partial charge in [-0.15, -0.1) is 22.7 Å². The van der Waals surface area contributed by atoms with Crippen LogP contribution < -0.4 is 5.32 Å². The van der Waals surface area contributed by atoms with Gasteiger partial charge in [-0.2, -0.15) is 13.2 Å². The summed E-state index contributed by atoms with van der Waals surface area (Å²) in [7, 11) is 1.23. The molecule has 0 saturated heterocycles. The Morgan fingerprint density at radius 3 is 2.58 bits per heavy atom. The highest BCUT2D eigenvalue weighted by Gasteiger charge is 2.30. The number of anilines is 1. The van der Waals surface area contributed by atoms with Gasteiger partial charge in [0.15, 0.2) is 10.8 Å². The van der Waals surface area contributed by atoms with Crippen LogP contribution in [0.2, 0.25) is 0 Å². The van der Waals surface area contributed by atoms with Crippen LogP contribution in [0.25, 0.3) is 10.1 Å². The molecular weight excluding hydrogens is 389 g/mol. The van der Waals surface area contributed by atoms with Crippen LogP contribution in [0.1, 0.15) is 30.6 Å². The van der Waals surface area contributed by atoms with Gasteiger partial charge in [-0.1, -0.05) is 0 Å². The van der Waals surface area contributed by atoms with E-state index in [9.17, 15) is 22.8 Å². The Morgan fingerprint density at radius 1 is 1.19 bits per heavy atom. The normalized spacial score (nSPS) is 11.6. The highest BCUT2D eigenvalue weighted by Crippen LogP contribution is 2.34. The van der Waals surface area contributed by atoms with Gasteiger partial charge in [-0.25, -0.2) is 9.78 Å². The van der Waals surface area contributed by atoms with Crippen molar-refractivity contribution >= 4 is 49.8 Å². The van der Waals surface area contributed by atoms with Crippen LogP contribution in [-0.4, -0.2) is 24.0 Å². The van der Waals surface area contributed by atoms with Crippen molar-refractivity contribution in [2.24, 2.45) is 0 Å². The van der Waals surface area contributed by atoms with Crippen LogP contribution in [0.5, 0.6) is 0 Å². The average molecular weight is 400 g/mol. The molecular formula is C16H11F3N2O3S2. The molecule has 1 amide bonds. The summed E-state index contributed by atoms with van der Waals surface area (Å²) >= 11 is 2.18. The number of nitrogens with one attached hydrogen (secondary N) is 1. The summed E-state index contributed by atoms with van der Waals surface area (Å²) in [5.74, 6) is -1.12. The second kappa shape index (κ2) is 6.69. The fourth-order valence-electron chi connectivity index (χ4n) is 2.23.